The number of likely N-dealkylation sites (N-methyl/N-ethyl adjacent to an activating group) is 1. The van der Waals surface area contributed by atoms with Crippen molar-refractivity contribution in [3.63, 3.8) is 0 Å². The summed E-state index contributed by atoms with van der Waals surface area (Å²) in [5, 5.41) is 0. The number of hydrogen-bond acceptors (Lipinski definition) is 5. The lowest BCUT2D eigenvalue weighted by Gasteiger charge is -2.36. The Balaban J connectivity index is 1.63. The molecule has 1 heterocycles. The molecule has 10 heteroatoms. The molecule has 0 spiro atoms. The third-order valence-electron chi connectivity index (χ3n) is 5.00. The molecule has 0 aliphatic carbocycles. The molecule has 1 fully saturated rings. The third-order valence-corrected chi connectivity index (χ3v) is 6.82. The number of sulfonamides is 1. The van der Waals surface area contributed by atoms with Crippen molar-refractivity contribution in [1.29, 1.82) is 0 Å². The molecule has 0 radical (unpaired) electrons. The van der Waals surface area contributed by atoms with Gasteiger partial charge in [-0.25, -0.2) is 17.2 Å². The van der Waals surface area contributed by atoms with Crippen LogP contribution in [0.15, 0.2) is 47.4 Å². The highest BCUT2D eigenvalue weighted by atomic mass is 32.2. The average molecular weight is 439 g/mol. The fourth-order valence-electron chi connectivity index (χ4n) is 3.26. The second-order valence-electron chi connectivity index (χ2n) is 6.90. The van der Waals surface area contributed by atoms with Crippen LogP contribution in [0.25, 0.3) is 0 Å². The van der Waals surface area contributed by atoms with Crippen molar-refractivity contribution < 1.29 is 26.7 Å². The molecule has 1 saturated heterocycles. The largest absolute Gasteiger partial charge is 0.495 e. The molecule has 30 heavy (non-hydrogen) atoms. The molecule has 162 valence electrons. The minimum Gasteiger partial charge on any atom is -0.495 e. The Morgan fingerprint density at radius 2 is 1.63 bits per heavy atom. The predicted octanol–water partition coefficient (Wildman–Crippen LogP) is 1.94. The normalized spacial score (nSPS) is 14.8. The third kappa shape index (κ3) is 4.71. The molecule has 1 aliphatic heterocycles. The molecule has 2 aromatic rings. The Bertz CT molecular complexity index is 1010. The number of benzene rings is 2. The molecule has 0 aromatic heterocycles. The summed E-state index contributed by atoms with van der Waals surface area (Å²) in [5.41, 5.74) is 0.862. The molecule has 0 N–H and O–H groups in total. The van der Waals surface area contributed by atoms with E-state index in [1.807, 2.05) is 4.90 Å². The van der Waals surface area contributed by atoms with Crippen LogP contribution < -0.4 is 9.64 Å². The number of anilines is 1. The Kier molecular flexibility index (Phi) is 6.57. The van der Waals surface area contributed by atoms with Gasteiger partial charge in [0.2, 0.25) is 15.9 Å². The molecule has 0 saturated carbocycles. The molecule has 2 aromatic carbocycles. The van der Waals surface area contributed by atoms with Crippen LogP contribution in [-0.2, 0) is 14.8 Å². The Labute approximate surface area is 174 Å². The number of hydrogen-bond donors (Lipinski definition) is 0. The minimum atomic E-state index is -4.12. The van der Waals surface area contributed by atoms with E-state index < -0.39 is 15.8 Å². The summed E-state index contributed by atoms with van der Waals surface area (Å²) in [7, 11) is -1.56. The van der Waals surface area contributed by atoms with E-state index in [-0.39, 0.29) is 28.9 Å². The van der Waals surface area contributed by atoms with Gasteiger partial charge in [-0.1, -0.05) is 0 Å². The topological polar surface area (TPSA) is 70.2 Å². The maximum atomic E-state index is 13.6. The Morgan fingerprint density at radius 3 is 2.23 bits per heavy atom. The van der Waals surface area contributed by atoms with Gasteiger partial charge in [0, 0.05) is 38.9 Å². The quantitative estimate of drug-likeness (QED) is 0.688. The summed E-state index contributed by atoms with van der Waals surface area (Å²) < 4.78 is 58.2. The summed E-state index contributed by atoms with van der Waals surface area (Å²) in [6.07, 6.45) is 0. The maximum Gasteiger partial charge on any atom is 0.247 e. The summed E-state index contributed by atoms with van der Waals surface area (Å²) in [6.45, 7) is 1.54. The van der Waals surface area contributed by atoms with E-state index in [2.05, 4.69) is 0 Å². The zero-order valence-corrected chi connectivity index (χ0v) is 17.5. The van der Waals surface area contributed by atoms with Crippen molar-refractivity contribution in [1.82, 2.24) is 9.21 Å². The van der Waals surface area contributed by atoms with E-state index in [9.17, 15) is 22.0 Å². The van der Waals surface area contributed by atoms with Gasteiger partial charge >= 0.3 is 0 Å². The summed E-state index contributed by atoms with van der Waals surface area (Å²) in [6, 6.07) is 9.33. The van der Waals surface area contributed by atoms with Gasteiger partial charge in [0.15, 0.2) is 0 Å². The van der Waals surface area contributed by atoms with Crippen LogP contribution in [0.5, 0.6) is 5.75 Å². The standard InChI is InChI=1S/C20H23F2N3O4S/c1-23(30(27,28)19-13-16(22)5-8-18(19)29-2)14-20(26)25-11-9-24(10-12-25)17-6-3-15(21)4-7-17/h3-8,13H,9-12,14H2,1-2H3. The predicted molar refractivity (Wildman–Crippen MR) is 108 cm³/mol. The smallest absolute Gasteiger partial charge is 0.247 e. The molecule has 1 aliphatic rings. The first kappa shape index (κ1) is 22.0. The maximum absolute atomic E-state index is 13.6. The first-order valence-electron chi connectivity index (χ1n) is 9.30. The van der Waals surface area contributed by atoms with Crippen molar-refractivity contribution >= 4 is 21.6 Å². The average Bonchev–Trinajstić information content (AvgIpc) is 2.74. The fraction of sp³-hybridized carbons (Fsp3) is 0.350. The van der Waals surface area contributed by atoms with Crippen LogP contribution >= 0.6 is 0 Å². The molecule has 0 bridgehead atoms. The lowest BCUT2D eigenvalue weighted by molar-refractivity contribution is -0.131. The van der Waals surface area contributed by atoms with Crippen LogP contribution in [-0.4, -0.2) is 70.4 Å². The highest BCUT2D eigenvalue weighted by molar-refractivity contribution is 7.89. The number of carbonyl (C=O) groups excluding carboxylic acids is 1. The first-order valence-corrected chi connectivity index (χ1v) is 10.7. The van der Waals surface area contributed by atoms with E-state index in [0.717, 1.165) is 22.1 Å². The van der Waals surface area contributed by atoms with Crippen LogP contribution in [0.1, 0.15) is 0 Å². The van der Waals surface area contributed by atoms with Crippen molar-refractivity contribution in [2.45, 2.75) is 4.90 Å². The molecular formula is C20H23F2N3O4S. The van der Waals surface area contributed by atoms with Gasteiger partial charge in [-0.15, -0.1) is 0 Å². The molecule has 0 unspecified atom stereocenters. The molecular weight excluding hydrogens is 416 g/mol. The molecule has 0 atom stereocenters. The van der Waals surface area contributed by atoms with Crippen LogP contribution in [0.2, 0.25) is 0 Å². The number of methoxy groups -OCH3 is 1. The number of halogens is 2. The highest BCUT2D eigenvalue weighted by Crippen LogP contribution is 2.27. The van der Waals surface area contributed by atoms with E-state index in [1.54, 1.807) is 17.0 Å². The number of carbonyl (C=O) groups is 1. The number of ether oxygens (including phenoxy) is 1. The lowest BCUT2D eigenvalue weighted by atomic mass is 10.2. The summed E-state index contributed by atoms with van der Waals surface area (Å²) in [4.78, 5) is 15.9. The Hall–Kier alpha value is -2.72. The van der Waals surface area contributed by atoms with E-state index in [1.165, 1.54) is 32.4 Å². The van der Waals surface area contributed by atoms with E-state index >= 15 is 0 Å². The van der Waals surface area contributed by atoms with Crippen molar-refractivity contribution in [3.8, 4) is 5.75 Å². The van der Waals surface area contributed by atoms with Crippen LogP contribution in [0.4, 0.5) is 14.5 Å². The Morgan fingerprint density at radius 1 is 1.03 bits per heavy atom. The lowest BCUT2D eigenvalue weighted by Crippen LogP contribution is -2.51. The number of nitrogens with zero attached hydrogens (tertiary/aromatic N) is 3. The summed E-state index contributed by atoms with van der Waals surface area (Å²) in [5.74, 6) is -1.38. The van der Waals surface area contributed by atoms with Crippen LogP contribution in [0, 0.1) is 11.6 Å². The number of piperazine rings is 1. The van der Waals surface area contributed by atoms with Gasteiger partial charge in [-0.2, -0.15) is 4.31 Å². The summed E-state index contributed by atoms with van der Waals surface area (Å²) >= 11 is 0. The zero-order valence-electron chi connectivity index (χ0n) is 16.7. The van der Waals surface area contributed by atoms with E-state index in [0.29, 0.717) is 26.2 Å². The zero-order chi connectivity index (χ0) is 21.9. The highest BCUT2D eigenvalue weighted by Gasteiger charge is 2.29. The van der Waals surface area contributed by atoms with Gasteiger partial charge in [0.25, 0.3) is 0 Å². The van der Waals surface area contributed by atoms with Gasteiger partial charge in [-0.3, -0.25) is 4.79 Å². The number of rotatable bonds is 6. The van der Waals surface area contributed by atoms with Gasteiger partial charge in [0.05, 0.1) is 13.7 Å². The monoisotopic (exact) mass is 439 g/mol. The van der Waals surface area contributed by atoms with Crippen molar-refractivity contribution in [3.05, 3.63) is 54.1 Å². The van der Waals surface area contributed by atoms with Gasteiger partial charge in [0.1, 0.15) is 22.3 Å². The number of amides is 1. The fourth-order valence-corrected chi connectivity index (χ4v) is 4.54. The van der Waals surface area contributed by atoms with E-state index in [4.69, 9.17) is 4.74 Å². The van der Waals surface area contributed by atoms with Crippen molar-refractivity contribution in [2.75, 3.05) is 51.8 Å². The minimum absolute atomic E-state index is 0.00334. The first-order chi connectivity index (χ1) is 14.2. The molecule has 1 amide bonds. The van der Waals surface area contributed by atoms with Crippen LogP contribution in [0.3, 0.4) is 0 Å². The van der Waals surface area contributed by atoms with Gasteiger partial charge in [-0.05, 0) is 42.5 Å². The molecule has 7 nitrogen and oxygen atoms in total. The van der Waals surface area contributed by atoms with Crippen molar-refractivity contribution in [2.24, 2.45) is 0 Å². The SMILES string of the molecule is COc1ccc(F)cc1S(=O)(=O)N(C)CC(=O)N1CCN(c2ccc(F)cc2)CC1. The second-order valence-corrected chi connectivity index (χ2v) is 8.91. The molecule has 3 rings (SSSR count). The van der Waals surface area contributed by atoms with Gasteiger partial charge < -0.3 is 14.5 Å². The second kappa shape index (κ2) is 8.97.